The number of carbonyl (C=O) groups is 1. The van der Waals surface area contributed by atoms with Crippen molar-refractivity contribution in [1.29, 1.82) is 0 Å². The maximum Gasteiger partial charge on any atom is 0.307 e. The summed E-state index contributed by atoms with van der Waals surface area (Å²) in [6, 6.07) is 0.370. The lowest BCUT2D eigenvalue weighted by molar-refractivity contribution is -0.141. The zero-order chi connectivity index (χ0) is 13.5. The molecule has 1 aromatic heterocycles. The number of aromatic nitrogens is 2. The SMILES string of the molecule is CC(CN(CCCn1ccnc1)C(C)C)C(=O)O. The fourth-order valence-corrected chi connectivity index (χ4v) is 1.87. The number of aryl methyl sites for hydroxylation is 1. The zero-order valence-electron chi connectivity index (χ0n) is 11.4. The Morgan fingerprint density at radius 1 is 1.44 bits per heavy atom. The van der Waals surface area contributed by atoms with Crippen molar-refractivity contribution in [2.75, 3.05) is 13.1 Å². The second kappa shape index (κ2) is 7.16. The third-order valence-electron chi connectivity index (χ3n) is 3.08. The molecule has 0 amide bonds. The van der Waals surface area contributed by atoms with Crippen molar-refractivity contribution in [3.8, 4) is 0 Å². The summed E-state index contributed by atoms with van der Waals surface area (Å²) < 4.78 is 2.04. The second-order valence-electron chi connectivity index (χ2n) is 4.98. The molecule has 0 aliphatic rings. The van der Waals surface area contributed by atoms with Crippen molar-refractivity contribution in [2.45, 2.75) is 39.8 Å². The Labute approximate surface area is 108 Å². The Morgan fingerprint density at radius 3 is 2.67 bits per heavy atom. The molecule has 1 N–H and O–H groups in total. The fourth-order valence-electron chi connectivity index (χ4n) is 1.87. The Bertz CT molecular complexity index is 349. The van der Waals surface area contributed by atoms with E-state index in [0.717, 1.165) is 19.5 Å². The first-order valence-electron chi connectivity index (χ1n) is 6.43. The van der Waals surface area contributed by atoms with E-state index >= 15 is 0 Å². The highest BCUT2D eigenvalue weighted by Crippen LogP contribution is 2.06. The Kier molecular flexibility index (Phi) is 5.85. The van der Waals surface area contributed by atoms with Gasteiger partial charge in [-0.05, 0) is 20.3 Å². The van der Waals surface area contributed by atoms with Crippen LogP contribution in [0.15, 0.2) is 18.7 Å². The summed E-state index contributed by atoms with van der Waals surface area (Å²) in [5, 5.41) is 8.95. The number of imidazole rings is 1. The van der Waals surface area contributed by atoms with E-state index in [9.17, 15) is 4.79 Å². The van der Waals surface area contributed by atoms with Crippen molar-refractivity contribution in [1.82, 2.24) is 14.5 Å². The standard InChI is InChI=1S/C13H23N3O2/c1-11(2)16(9-12(3)13(17)18)7-4-6-15-8-5-14-10-15/h5,8,10-12H,4,6-7,9H2,1-3H3,(H,17,18). The normalized spacial score (nSPS) is 13.2. The lowest BCUT2D eigenvalue weighted by Crippen LogP contribution is -2.37. The third-order valence-corrected chi connectivity index (χ3v) is 3.08. The molecule has 18 heavy (non-hydrogen) atoms. The van der Waals surface area contributed by atoms with Gasteiger partial charge in [-0.15, -0.1) is 0 Å². The van der Waals surface area contributed by atoms with Crippen LogP contribution in [0.5, 0.6) is 0 Å². The van der Waals surface area contributed by atoms with Crippen LogP contribution in [0.25, 0.3) is 0 Å². The van der Waals surface area contributed by atoms with Crippen LogP contribution >= 0.6 is 0 Å². The van der Waals surface area contributed by atoms with E-state index in [1.807, 2.05) is 10.8 Å². The first-order chi connectivity index (χ1) is 8.50. The van der Waals surface area contributed by atoms with Crippen molar-refractivity contribution in [3.63, 3.8) is 0 Å². The van der Waals surface area contributed by atoms with Gasteiger partial charge in [-0.1, -0.05) is 6.92 Å². The molecule has 0 saturated carbocycles. The van der Waals surface area contributed by atoms with Crippen molar-refractivity contribution < 1.29 is 9.90 Å². The molecule has 0 spiro atoms. The van der Waals surface area contributed by atoms with Gasteiger partial charge in [-0.25, -0.2) is 4.98 Å². The molecule has 0 radical (unpaired) electrons. The Hall–Kier alpha value is -1.36. The van der Waals surface area contributed by atoms with Crippen LogP contribution in [0.2, 0.25) is 0 Å². The summed E-state index contributed by atoms with van der Waals surface area (Å²) in [6.07, 6.45) is 6.52. The van der Waals surface area contributed by atoms with Gasteiger partial charge >= 0.3 is 5.97 Å². The molecule has 102 valence electrons. The van der Waals surface area contributed by atoms with Crippen LogP contribution < -0.4 is 0 Å². The highest BCUT2D eigenvalue weighted by Gasteiger charge is 2.17. The summed E-state index contributed by atoms with van der Waals surface area (Å²) in [6.45, 7) is 8.40. The number of hydrogen-bond donors (Lipinski definition) is 1. The molecule has 1 aromatic rings. The molecule has 0 bridgehead atoms. The third kappa shape index (κ3) is 4.87. The minimum absolute atomic E-state index is 0.319. The van der Waals surface area contributed by atoms with Crippen molar-refractivity contribution >= 4 is 5.97 Å². The number of carboxylic acids is 1. The summed E-state index contributed by atoms with van der Waals surface area (Å²) in [5.74, 6) is -1.05. The van der Waals surface area contributed by atoms with Crippen LogP contribution in [0.4, 0.5) is 0 Å². The summed E-state index contributed by atoms with van der Waals surface area (Å²) in [7, 11) is 0. The predicted molar refractivity (Wildman–Crippen MR) is 70.4 cm³/mol. The molecule has 0 fully saturated rings. The Morgan fingerprint density at radius 2 is 2.17 bits per heavy atom. The Balaban J connectivity index is 2.36. The fraction of sp³-hybridized carbons (Fsp3) is 0.692. The van der Waals surface area contributed by atoms with E-state index < -0.39 is 5.97 Å². The monoisotopic (exact) mass is 253 g/mol. The zero-order valence-corrected chi connectivity index (χ0v) is 11.4. The molecule has 5 heteroatoms. The number of aliphatic carboxylic acids is 1. The quantitative estimate of drug-likeness (QED) is 0.766. The molecule has 0 saturated heterocycles. The lowest BCUT2D eigenvalue weighted by Gasteiger charge is -2.28. The molecule has 0 aliphatic carbocycles. The first kappa shape index (κ1) is 14.7. The number of hydrogen-bond acceptors (Lipinski definition) is 3. The molecule has 5 nitrogen and oxygen atoms in total. The molecular weight excluding hydrogens is 230 g/mol. The average Bonchev–Trinajstić information content (AvgIpc) is 2.80. The predicted octanol–water partition coefficient (Wildman–Crippen LogP) is 1.70. The maximum absolute atomic E-state index is 10.9. The van der Waals surface area contributed by atoms with Gasteiger partial charge in [0.2, 0.25) is 0 Å². The summed E-state index contributed by atoms with van der Waals surface area (Å²) >= 11 is 0. The van der Waals surface area contributed by atoms with Crippen LogP contribution in [0.1, 0.15) is 27.2 Å². The van der Waals surface area contributed by atoms with Gasteiger partial charge in [0, 0.05) is 38.1 Å². The van der Waals surface area contributed by atoms with Gasteiger partial charge in [0.25, 0.3) is 0 Å². The van der Waals surface area contributed by atoms with Gasteiger partial charge in [0.1, 0.15) is 0 Å². The summed E-state index contributed by atoms with van der Waals surface area (Å²) in [5.41, 5.74) is 0. The molecular formula is C13H23N3O2. The summed E-state index contributed by atoms with van der Waals surface area (Å²) in [4.78, 5) is 17.1. The van der Waals surface area contributed by atoms with Gasteiger partial charge in [-0.2, -0.15) is 0 Å². The van der Waals surface area contributed by atoms with Crippen LogP contribution in [0.3, 0.4) is 0 Å². The van der Waals surface area contributed by atoms with E-state index in [2.05, 4.69) is 23.7 Å². The molecule has 1 atom stereocenters. The number of carboxylic acid groups (broad SMARTS) is 1. The van der Waals surface area contributed by atoms with Gasteiger partial charge < -0.3 is 14.6 Å². The topological polar surface area (TPSA) is 58.4 Å². The molecule has 1 heterocycles. The van der Waals surface area contributed by atoms with E-state index in [4.69, 9.17) is 5.11 Å². The second-order valence-corrected chi connectivity index (χ2v) is 4.98. The van der Waals surface area contributed by atoms with Gasteiger partial charge in [-0.3, -0.25) is 4.79 Å². The van der Waals surface area contributed by atoms with E-state index in [1.54, 1.807) is 19.4 Å². The van der Waals surface area contributed by atoms with Gasteiger partial charge in [0.15, 0.2) is 0 Å². The number of rotatable bonds is 8. The van der Waals surface area contributed by atoms with E-state index in [-0.39, 0.29) is 5.92 Å². The highest BCUT2D eigenvalue weighted by atomic mass is 16.4. The smallest absolute Gasteiger partial charge is 0.307 e. The first-order valence-corrected chi connectivity index (χ1v) is 6.43. The lowest BCUT2D eigenvalue weighted by atomic mass is 10.1. The molecule has 1 rings (SSSR count). The minimum Gasteiger partial charge on any atom is -0.481 e. The molecule has 1 unspecified atom stereocenters. The van der Waals surface area contributed by atoms with Crippen LogP contribution in [0, 0.1) is 5.92 Å². The van der Waals surface area contributed by atoms with E-state index in [0.29, 0.717) is 12.6 Å². The van der Waals surface area contributed by atoms with Crippen LogP contribution in [-0.2, 0) is 11.3 Å². The van der Waals surface area contributed by atoms with Crippen molar-refractivity contribution in [3.05, 3.63) is 18.7 Å². The molecule has 0 aliphatic heterocycles. The van der Waals surface area contributed by atoms with E-state index in [1.165, 1.54) is 0 Å². The van der Waals surface area contributed by atoms with Crippen LogP contribution in [-0.4, -0.2) is 44.7 Å². The van der Waals surface area contributed by atoms with Gasteiger partial charge in [0.05, 0.1) is 12.2 Å². The maximum atomic E-state index is 10.9. The molecule has 0 aromatic carbocycles. The largest absolute Gasteiger partial charge is 0.481 e. The number of nitrogens with zero attached hydrogens (tertiary/aromatic N) is 3. The average molecular weight is 253 g/mol. The minimum atomic E-state index is -0.727. The highest BCUT2D eigenvalue weighted by molar-refractivity contribution is 5.69. The van der Waals surface area contributed by atoms with Crippen molar-refractivity contribution in [2.24, 2.45) is 5.92 Å².